The summed E-state index contributed by atoms with van der Waals surface area (Å²) >= 11 is 0. The minimum atomic E-state index is -1.77. The number of aliphatic carboxylic acids is 2. The van der Waals surface area contributed by atoms with E-state index >= 15 is 0 Å². The summed E-state index contributed by atoms with van der Waals surface area (Å²) in [5, 5.41) is 19.0. The number of rotatable bonds is 9. The predicted molar refractivity (Wildman–Crippen MR) is 80.3 cm³/mol. The van der Waals surface area contributed by atoms with Crippen LogP contribution >= 0.6 is 0 Å². The van der Waals surface area contributed by atoms with Gasteiger partial charge in [0.1, 0.15) is 0 Å². The second-order valence-corrected chi connectivity index (χ2v) is 5.13. The van der Waals surface area contributed by atoms with Gasteiger partial charge in [-0.1, -0.05) is 44.2 Å². The Hall–Kier alpha value is -1.88. The van der Waals surface area contributed by atoms with Crippen molar-refractivity contribution in [2.24, 2.45) is 5.41 Å². The highest BCUT2D eigenvalue weighted by molar-refractivity contribution is 5.98. The average Bonchev–Trinajstić information content (AvgIpc) is 2.47. The molecule has 0 atom stereocenters. The third-order valence-electron chi connectivity index (χ3n) is 3.92. The third kappa shape index (κ3) is 4.29. The van der Waals surface area contributed by atoms with Gasteiger partial charge >= 0.3 is 11.9 Å². The maximum atomic E-state index is 11.7. The number of carbonyl (C=O) groups is 2. The predicted octanol–water partition coefficient (Wildman–Crippen LogP) is 2.12. The largest absolute Gasteiger partial charge is 0.480 e. The van der Waals surface area contributed by atoms with Crippen LogP contribution in [-0.2, 0) is 16.0 Å². The molecule has 0 aliphatic carbocycles. The smallest absolute Gasteiger partial charge is 0.321 e. The van der Waals surface area contributed by atoms with Crippen LogP contribution in [-0.4, -0.2) is 46.7 Å². The third-order valence-corrected chi connectivity index (χ3v) is 3.92. The van der Waals surface area contributed by atoms with Crippen LogP contribution in [0.5, 0.6) is 0 Å². The Labute approximate surface area is 125 Å². The van der Waals surface area contributed by atoms with Crippen molar-refractivity contribution in [1.29, 1.82) is 0 Å². The molecule has 5 heteroatoms. The molecule has 5 nitrogen and oxygen atoms in total. The molecular formula is C16H23NO4. The fraction of sp³-hybridized carbons (Fsp3) is 0.500. The lowest BCUT2D eigenvalue weighted by Gasteiger charge is -2.28. The zero-order chi connectivity index (χ0) is 15.9. The molecule has 116 valence electrons. The van der Waals surface area contributed by atoms with Crippen LogP contribution in [0.15, 0.2) is 30.3 Å². The minimum absolute atomic E-state index is 0.000223. The van der Waals surface area contributed by atoms with Gasteiger partial charge in [-0.3, -0.25) is 9.59 Å². The molecule has 0 aliphatic rings. The van der Waals surface area contributed by atoms with E-state index in [9.17, 15) is 19.8 Å². The van der Waals surface area contributed by atoms with Crippen molar-refractivity contribution in [2.75, 3.05) is 19.6 Å². The first-order valence-electron chi connectivity index (χ1n) is 7.19. The van der Waals surface area contributed by atoms with Crippen molar-refractivity contribution in [3.63, 3.8) is 0 Å². The SMILES string of the molecule is CCN(CC)CCC(Cc1ccccc1)(C(=O)O)C(=O)O. The highest BCUT2D eigenvalue weighted by Gasteiger charge is 2.46. The first kappa shape index (κ1) is 17.2. The van der Waals surface area contributed by atoms with E-state index in [2.05, 4.69) is 0 Å². The van der Waals surface area contributed by atoms with E-state index in [0.717, 1.165) is 18.7 Å². The van der Waals surface area contributed by atoms with Crippen LogP contribution in [0.2, 0.25) is 0 Å². The van der Waals surface area contributed by atoms with Crippen molar-refractivity contribution in [2.45, 2.75) is 26.7 Å². The van der Waals surface area contributed by atoms with E-state index in [0.29, 0.717) is 6.54 Å². The van der Waals surface area contributed by atoms with Gasteiger partial charge in [-0.15, -0.1) is 0 Å². The molecule has 1 aromatic carbocycles. The Kier molecular flexibility index (Phi) is 6.37. The van der Waals surface area contributed by atoms with Gasteiger partial charge in [0, 0.05) is 0 Å². The van der Waals surface area contributed by atoms with Crippen LogP contribution < -0.4 is 0 Å². The summed E-state index contributed by atoms with van der Waals surface area (Å²) in [4.78, 5) is 25.3. The summed E-state index contributed by atoms with van der Waals surface area (Å²) in [6, 6.07) is 8.92. The van der Waals surface area contributed by atoms with Crippen LogP contribution in [0.3, 0.4) is 0 Å². The number of carboxylic acids is 2. The Bertz CT molecular complexity index is 454. The summed E-state index contributed by atoms with van der Waals surface area (Å²) in [7, 11) is 0. The molecule has 0 bridgehead atoms. The molecule has 21 heavy (non-hydrogen) atoms. The van der Waals surface area contributed by atoms with Crippen LogP contribution in [0.1, 0.15) is 25.8 Å². The maximum Gasteiger partial charge on any atom is 0.321 e. The molecule has 0 amide bonds. The van der Waals surface area contributed by atoms with Gasteiger partial charge in [0.2, 0.25) is 0 Å². The van der Waals surface area contributed by atoms with Gasteiger partial charge in [0.15, 0.2) is 5.41 Å². The van der Waals surface area contributed by atoms with Gasteiger partial charge in [-0.25, -0.2) is 0 Å². The van der Waals surface area contributed by atoms with E-state index in [4.69, 9.17) is 0 Å². The van der Waals surface area contributed by atoms with Crippen molar-refractivity contribution in [3.05, 3.63) is 35.9 Å². The molecule has 0 radical (unpaired) electrons. The number of hydrogen-bond donors (Lipinski definition) is 2. The van der Waals surface area contributed by atoms with Crippen molar-refractivity contribution in [1.82, 2.24) is 4.90 Å². The molecule has 0 aromatic heterocycles. The first-order chi connectivity index (χ1) is 9.96. The zero-order valence-corrected chi connectivity index (χ0v) is 12.6. The lowest BCUT2D eigenvalue weighted by Crippen LogP contribution is -2.44. The Morgan fingerprint density at radius 3 is 2.00 bits per heavy atom. The fourth-order valence-corrected chi connectivity index (χ4v) is 2.38. The van der Waals surface area contributed by atoms with Gasteiger partial charge < -0.3 is 15.1 Å². The van der Waals surface area contributed by atoms with E-state index in [1.165, 1.54) is 0 Å². The quantitative estimate of drug-likeness (QED) is 0.682. The zero-order valence-electron chi connectivity index (χ0n) is 12.6. The van der Waals surface area contributed by atoms with E-state index in [-0.39, 0.29) is 12.8 Å². The van der Waals surface area contributed by atoms with E-state index in [1.54, 1.807) is 24.3 Å². The fourth-order valence-electron chi connectivity index (χ4n) is 2.38. The lowest BCUT2D eigenvalue weighted by atomic mass is 9.78. The van der Waals surface area contributed by atoms with Crippen LogP contribution in [0, 0.1) is 5.41 Å². The van der Waals surface area contributed by atoms with Gasteiger partial charge in [0.05, 0.1) is 0 Å². The summed E-state index contributed by atoms with van der Waals surface area (Å²) in [5.41, 5.74) is -1.05. The lowest BCUT2D eigenvalue weighted by molar-refractivity contribution is -0.165. The van der Waals surface area contributed by atoms with Gasteiger partial charge in [-0.05, 0) is 38.0 Å². The molecule has 1 rings (SSSR count). The minimum Gasteiger partial charge on any atom is -0.480 e. The second-order valence-electron chi connectivity index (χ2n) is 5.13. The Morgan fingerprint density at radius 2 is 1.57 bits per heavy atom. The highest BCUT2D eigenvalue weighted by atomic mass is 16.4. The molecule has 0 fully saturated rings. The monoisotopic (exact) mass is 293 g/mol. The molecular weight excluding hydrogens is 270 g/mol. The topological polar surface area (TPSA) is 77.8 Å². The molecule has 0 saturated heterocycles. The average molecular weight is 293 g/mol. The molecule has 0 spiro atoms. The summed E-state index contributed by atoms with van der Waals surface area (Å²) in [5.74, 6) is -2.54. The van der Waals surface area contributed by atoms with Crippen LogP contribution in [0.25, 0.3) is 0 Å². The molecule has 0 heterocycles. The van der Waals surface area contributed by atoms with Crippen molar-refractivity contribution in [3.8, 4) is 0 Å². The molecule has 0 aliphatic heterocycles. The van der Waals surface area contributed by atoms with Crippen molar-refractivity contribution >= 4 is 11.9 Å². The van der Waals surface area contributed by atoms with E-state index < -0.39 is 17.4 Å². The normalized spacial score (nSPS) is 11.6. The Morgan fingerprint density at radius 1 is 1.05 bits per heavy atom. The first-order valence-corrected chi connectivity index (χ1v) is 7.19. The second kappa shape index (κ2) is 7.78. The van der Waals surface area contributed by atoms with Gasteiger partial charge in [-0.2, -0.15) is 0 Å². The maximum absolute atomic E-state index is 11.7. The number of benzene rings is 1. The van der Waals surface area contributed by atoms with Crippen molar-refractivity contribution < 1.29 is 19.8 Å². The molecule has 0 unspecified atom stereocenters. The summed E-state index contributed by atoms with van der Waals surface area (Å²) in [6.07, 6.45) is 0.0913. The molecule has 1 aromatic rings. The van der Waals surface area contributed by atoms with E-state index in [1.807, 2.05) is 24.8 Å². The molecule has 0 saturated carbocycles. The summed E-state index contributed by atoms with van der Waals surface area (Å²) < 4.78 is 0. The summed E-state index contributed by atoms with van der Waals surface area (Å²) in [6.45, 7) is 5.96. The standard InChI is InChI=1S/C16H23NO4/c1-3-17(4-2)11-10-16(14(18)19,15(20)21)12-13-8-6-5-7-9-13/h5-9H,3-4,10-12H2,1-2H3,(H,18,19)(H,20,21). The number of nitrogens with zero attached hydrogens (tertiary/aromatic N) is 1. The van der Waals surface area contributed by atoms with Gasteiger partial charge in [0.25, 0.3) is 0 Å². The molecule has 2 N–H and O–H groups in total. The number of carboxylic acid groups (broad SMARTS) is 2. The number of hydrogen-bond acceptors (Lipinski definition) is 3. The van der Waals surface area contributed by atoms with Crippen LogP contribution in [0.4, 0.5) is 0 Å². The Balaban J connectivity index is 2.99. The highest BCUT2D eigenvalue weighted by Crippen LogP contribution is 2.29.